The van der Waals surface area contributed by atoms with Crippen molar-refractivity contribution in [3.05, 3.63) is 28.8 Å². The fourth-order valence-corrected chi connectivity index (χ4v) is 1.05. The van der Waals surface area contributed by atoms with Gasteiger partial charge in [0.1, 0.15) is 0 Å². The van der Waals surface area contributed by atoms with E-state index >= 15 is 0 Å². The first kappa shape index (κ1) is 5.74. The number of halogens is 1. The average molecular weight is 152 g/mol. The van der Waals surface area contributed by atoms with Crippen LogP contribution in [0.2, 0.25) is 5.02 Å². The summed E-state index contributed by atoms with van der Waals surface area (Å²) in [5, 5.41) is 4.46. The Balaban J connectivity index is 2.60. The largest absolute Gasteiger partial charge is 0.158 e. The van der Waals surface area contributed by atoms with Crippen LogP contribution >= 0.6 is 11.6 Å². The Morgan fingerprint density at radius 2 is 2.20 bits per heavy atom. The van der Waals surface area contributed by atoms with E-state index in [4.69, 9.17) is 11.6 Å². The van der Waals surface area contributed by atoms with Gasteiger partial charge in [0.25, 0.3) is 0 Å². The maximum Gasteiger partial charge on any atom is 0.0946 e. The second kappa shape index (κ2) is 1.99. The third-order valence-corrected chi connectivity index (χ3v) is 1.59. The van der Waals surface area contributed by atoms with E-state index in [1.54, 1.807) is 12.3 Å². The molecule has 1 aliphatic heterocycles. The van der Waals surface area contributed by atoms with Crippen molar-refractivity contribution in [1.82, 2.24) is 5.43 Å². The fraction of sp³-hybridized carbons (Fsp3) is 0. The van der Waals surface area contributed by atoms with E-state index in [9.17, 15) is 0 Å². The minimum atomic E-state index is 0.724. The number of hydrogen-bond donors (Lipinski definition) is 0. The van der Waals surface area contributed by atoms with Crippen molar-refractivity contribution in [2.45, 2.75) is 0 Å². The van der Waals surface area contributed by atoms with E-state index in [1.807, 2.05) is 12.1 Å². The van der Waals surface area contributed by atoms with Gasteiger partial charge in [-0.15, -0.1) is 0 Å². The van der Waals surface area contributed by atoms with Crippen LogP contribution in [-0.4, -0.2) is 6.21 Å². The van der Waals surface area contributed by atoms with Gasteiger partial charge in [-0.3, -0.25) is 0 Å². The molecule has 0 saturated carbocycles. The van der Waals surface area contributed by atoms with Crippen molar-refractivity contribution >= 4 is 23.5 Å². The predicted molar refractivity (Wildman–Crippen MR) is 40.8 cm³/mol. The standard InChI is InChI=1S/C7H4ClN2/c8-6-1-2-7-5(3-6)4-9-10-7/h1-4H. The van der Waals surface area contributed by atoms with Crippen molar-refractivity contribution in [3.8, 4) is 0 Å². The number of hydrogen-bond acceptors (Lipinski definition) is 1. The second-order valence-electron chi connectivity index (χ2n) is 2.05. The molecule has 0 bridgehead atoms. The summed E-state index contributed by atoms with van der Waals surface area (Å²) in [6.45, 7) is 0. The number of rotatable bonds is 0. The van der Waals surface area contributed by atoms with Gasteiger partial charge in [-0.25, -0.2) is 0 Å². The minimum absolute atomic E-state index is 0.724. The van der Waals surface area contributed by atoms with Gasteiger partial charge in [0.05, 0.1) is 11.9 Å². The fourth-order valence-electron chi connectivity index (χ4n) is 0.873. The average Bonchev–Trinajstić information content (AvgIpc) is 2.33. The van der Waals surface area contributed by atoms with Gasteiger partial charge < -0.3 is 0 Å². The smallest absolute Gasteiger partial charge is 0.0946 e. The molecule has 0 spiro atoms. The van der Waals surface area contributed by atoms with Crippen molar-refractivity contribution in [2.75, 3.05) is 0 Å². The van der Waals surface area contributed by atoms with Crippen molar-refractivity contribution in [3.63, 3.8) is 0 Å². The molecular weight excluding hydrogens is 148 g/mol. The highest BCUT2D eigenvalue weighted by Crippen LogP contribution is 2.21. The van der Waals surface area contributed by atoms with Crippen LogP contribution in [0.25, 0.3) is 0 Å². The number of benzene rings is 1. The first-order valence-corrected chi connectivity index (χ1v) is 3.28. The molecule has 0 unspecified atom stereocenters. The minimum Gasteiger partial charge on any atom is -0.158 e. The van der Waals surface area contributed by atoms with Crippen LogP contribution < -0.4 is 5.43 Å². The van der Waals surface area contributed by atoms with Crippen LogP contribution in [-0.2, 0) is 0 Å². The highest BCUT2D eigenvalue weighted by molar-refractivity contribution is 6.31. The lowest BCUT2D eigenvalue weighted by molar-refractivity contribution is 0.991. The van der Waals surface area contributed by atoms with Crippen LogP contribution in [0.3, 0.4) is 0 Å². The maximum absolute atomic E-state index is 5.72. The van der Waals surface area contributed by atoms with E-state index < -0.39 is 0 Å². The summed E-state index contributed by atoms with van der Waals surface area (Å²) in [5.41, 5.74) is 5.74. The van der Waals surface area contributed by atoms with Gasteiger partial charge in [0, 0.05) is 10.6 Å². The lowest BCUT2D eigenvalue weighted by Crippen LogP contribution is -1.80. The second-order valence-corrected chi connectivity index (χ2v) is 2.48. The molecule has 2 nitrogen and oxygen atoms in total. The third kappa shape index (κ3) is 0.772. The summed E-state index contributed by atoms with van der Waals surface area (Å²) in [5.74, 6) is 0. The third-order valence-electron chi connectivity index (χ3n) is 1.35. The van der Waals surface area contributed by atoms with Gasteiger partial charge in [-0.2, -0.15) is 10.5 Å². The van der Waals surface area contributed by atoms with Crippen molar-refractivity contribution in [1.29, 1.82) is 0 Å². The molecule has 10 heavy (non-hydrogen) atoms. The highest BCUT2D eigenvalue weighted by Gasteiger charge is 2.06. The summed E-state index contributed by atoms with van der Waals surface area (Å²) in [4.78, 5) is 0. The summed E-state index contributed by atoms with van der Waals surface area (Å²) in [6.07, 6.45) is 1.70. The molecule has 0 saturated heterocycles. The molecule has 0 fully saturated rings. The van der Waals surface area contributed by atoms with Crippen LogP contribution in [0.15, 0.2) is 23.3 Å². The van der Waals surface area contributed by atoms with E-state index in [1.165, 1.54) is 0 Å². The van der Waals surface area contributed by atoms with Gasteiger partial charge in [0.15, 0.2) is 0 Å². The quantitative estimate of drug-likeness (QED) is 0.542. The van der Waals surface area contributed by atoms with Gasteiger partial charge in [-0.05, 0) is 18.2 Å². The molecule has 1 aliphatic rings. The van der Waals surface area contributed by atoms with E-state index in [2.05, 4.69) is 10.5 Å². The molecule has 0 aliphatic carbocycles. The predicted octanol–water partition coefficient (Wildman–Crippen LogP) is 1.92. The topological polar surface area (TPSA) is 26.5 Å². The molecule has 0 atom stereocenters. The summed E-state index contributed by atoms with van der Waals surface area (Å²) in [7, 11) is 0. The summed E-state index contributed by atoms with van der Waals surface area (Å²) in [6, 6.07) is 5.50. The molecule has 1 radical (unpaired) electrons. The van der Waals surface area contributed by atoms with Gasteiger partial charge >= 0.3 is 0 Å². The summed E-state index contributed by atoms with van der Waals surface area (Å²) >= 11 is 5.72. The molecule has 1 aromatic rings. The number of nitrogens with zero attached hydrogens (tertiary/aromatic N) is 2. The Morgan fingerprint density at radius 1 is 1.30 bits per heavy atom. The van der Waals surface area contributed by atoms with Crippen LogP contribution in [0, 0.1) is 0 Å². The first-order valence-electron chi connectivity index (χ1n) is 2.90. The Labute approximate surface area is 63.5 Å². The SMILES string of the molecule is Clc1ccc2c(c1)C=N[N]2. The zero-order valence-electron chi connectivity index (χ0n) is 5.08. The van der Waals surface area contributed by atoms with Crippen LogP contribution in [0.4, 0.5) is 5.69 Å². The van der Waals surface area contributed by atoms with Crippen molar-refractivity contribution < 1.29 is 0 Å². The molecular formula is C7H4ClN2. The van der Waals surface area contributed by atoms with Crippen molar-refractivity contribution in [2.24, 2.45) is 5.10 Å². The first-order chi connectivity index (χ1) is 4.86. The normalized spacial score (nSPS) is 12.9. The molecule has 3 heteroatoms. The zero-order valence-corrected chi connectivity index (χ0v) is 5.84. The Kier molecular flexibility index (Phi) is 1.14. The number of fused-ring (bicyclic) bond motifs is 1. The summed E-state index contributed by atoms with van der Waals surface area (Å²) < 4.78 is 0. The molecule has 1 heterocycles. The molecule has 1 aromatic carbocycles. The van der Waals surface area contributed by atoms with Gasteiger partial charge in [-0.1, -0.05) is 11.6 Å². The zero-order chi connectivity index (χ0) is 6.97. The van der Waals surface area contributed by atoms with E-state index in [0.29, 0.717) is 0 Å². The lowest BCUT2D eigenvalue weighted by atomic mass is 10.2. The van der Waals surface area contributed by atoms with E-state index in [0.717, 1.165) is 16.3 Å². The Hall–Kier alpha value is -1.02. The van der Waals surface area contributed by atoms with Crippen LogP contribution in [0.1, 0.15) is 5.56 Å². The highest BCUT2D eigenvalue weighted by atomic mass is 35.5. The molecule has 0 amide bonds. The van der Waals surface area contributed by atoms with Crippen LogP contribution in [0.5, 0.6) is 0 Å². The molecule has 2 rings (SSSR count). The maximum atomic E-state index is 5.72. The van der Waals surface area contributed by atoms with Gasteiger partial charge in [0.2, 0.25) is 0 Å². The molecule has 0 N–H and O–H groups in total. The molecule has 0 aromatic heterocycles. The molecule has 49 valence electrons. The lowest BCUT2D eigenvalue weighted by Gasteiger charge is -1.93. The Bertz CT molecular complexity index is 294. The van der Waals surface area contributed by atoms with E-state index in [-0.39, 0.29) is 0 Å². The monoisotopic (exact) mass is 151 g/mol. The Morgan fingerprint density at radius 3 is 3.10 bits per heavy atom.